The number of hydrogen-bond acceptors (Lipinski definition) is 5. The van der Waals surface area contributed by atoms with E-state index in [1.807, 2.05) is 6.92 Å². The molecule has 0 bridgehead atoms. The van der Waals surface area contributed by atoms with Gasteiger partial charge in [0.05, 0.1) is 25.7 Å². The molecular formula is C21H20N4O4S. The second-order valence-corrected chi connectivity index (χ2v) is 8.24. The maximum atomic E-state index is 13.4. The number of nitrogens with zero attached hydrogens (tertiary/aromatic N) is 3. The topological polar surface area (TPSA) is 99.0 Å². The van der Waals surface area contributed by atoms with E-state index in [2.05, 4.69) is 9.97 Å². The van der Waals surface area contributed by atoms with Crippen molar-refractivity contribution in [2.24, 2.45) is 0 Å². The highest BCUT2D eigenvalue weighted by Gasteiger charge is 2.18. The van der Waals surface area contributed by atoms with Crippen molar-refractivity contribution in [3.8, 4) is 11.4 Å². The number of imidazole rings is 1. The maximum Gasteiger partial charge on any atom is 0.337 e. The Kier molecular flexibility index (Phi) is 5.13. The Morgan fingerprint density at radius 3 is 2.53 bits per heavy atom. The van der Waals surface area contributed by atoms with E-state index < -0.39 is 22.0 Å². The second kappa shape index (κ2) is 7.75. The van der Waals surface area contributed by atoms with Crippen molar-refractivity contribution in [1.82, 2.24) is 19.1 Å². The summed E-state index contributed by atoms with van der Waals surface area (Å²) in [6.07, 6.45) is 2.96. The lowest BCUT2D eigenvalue weighted by atomic mass is 10.2. The van der Waals surface area contributed by atoms with Crippen LogP contribution in [0.5, 0.6) is 5.75 Å². The number of methoxy groups -OCH3 is 1. The Morgan fingerprint density at radius 1 is 1.13 bits per heavy atom. The van der Waals surface area contributed by atoms with Gasteiger partial charge in [0, 0.05) is 22.0 Å². The number of fused-ring (bicyclic) bond motifs is 1. The number of hydrogen-bond donors (Lipinski definition) is 1. The third-order valence-electron chi connectivity index (χ3n) is 4.97. The molecule has 2 aromatic heterocycles. The zero-order chi connectivity index (χ0) is 21.4. The van der Waals surface area contributed by atoms with Crippen LogP contribution < -0.4 is 16.0 Å². The number of aromatic amines is 1. The first kappa shape index (κ1) is 19.8. The fourth-order valence-corrected chi connectivity index (χ4v) is 3.86. The van der Waals surface area contributed by atoms with Crippen LogP contribution in [0.15, 0.2) is 63.3 Å². The first-order valence-corrected chi connectivity index (χ1v) is 10.7. The largest absolute Gasteiger partial charge is 0.497 e. The van der Waals surface area contributed by atoms with Crippen molar-refractivity contribution >= 4 is 22.0 Å². The number of nitrogens with one attached hydrogen (secondary N) is 1. The lowest BCUT2D eigenvalue weighted by Gasteiger charge is -2.14. The molecule has 4 rings (SSSR count). The predicted octanol–water partition coefficient (Wildman–Crippen LogP) is 1.98. The molecule has 0 saturated carbocycles. The lowest BCUT2D eigenvalue weighted by molar-refractivity contribution is 0.414. The highest BCUT2D eigenvalue weighted by Crippen LogP contribution is 2.19. The van der Waals surface area contributed by atoms with Gasteiger partial charge in [0.2, 0.25) is 0 Å². The van der Waals surface area contributed by atoms with Gasteiger partial charge in [-0.2, -0.15) is 0 Å². The van der Waals surface area contributed by atoms with Crippen LogP contribution in [0.25, 0.3) is 16.9 Å². The van der Waals surface area contributed by atoms with Crippen LogP contribution in [0.2, 0.25) is 0 Å². The summed E-state index contributed by atoms with van der Waals surface area (Å²) in [6, 6.07) is 12.4. The summed E-state index contributed by atoms with van der Waals surface area (Å²) in [7, 11) is 0.353. The van der Waals surface area contributed by atoms with Gasteiger partial charge in [-0.25, -0.2) is 14.3 Å². The van der Waals surface area contributed by atoms with Crippen molar-refractivity contribution in [2.45, 2.75) is 18.4 Å². The summed E-state index contributed by atoms with van der Waals surface area (Å²) in [5.41, 5.74) is 1.60. The van der Waals surface area contributed by atoms with Crippen molar-refractivity contribution in [1.29, 1.82) is 0 Å². The minimum Gasteiger partial charge on any atom is -0.497 e. The Morgan fingerprint density at radius 2 is 1.87 bits per heavy atom. The molecule has 8 nitrogen and oxygen atoms in total. The van der Waals surface area contributed by atoms with Gasteiger partial charge < -0.3 is 9.72 Å². The zero-order valence-electron chi connectivity index (χ0n) is 16.7. The number of H-pyrrole nitrogens is 1. The van der Waals surface area contributed by atoms with E-state index in [0.717, 1.165) is 15.7 Å². The van der Waals surface area contributed by atoms with Gasteiger partial charge >= 0.3 is 5.69 Å². The molecule has 4 aromatic rings. The standard InChI is InChI=1S/C21H20N4O4S/c1-13-4-9-16(30(3)28)10-17(13)25-19-18(22-12-23-19)20(26)24(21(25)27)11-14-5-7-15(29-2)8-6-14/h4-10,12H,11H2,1-3H3,(H,22,23). The molecule has 9 heteroatoms. The van der Waals surface area contributed by atoms with E-state index in [1.165, 1.54) is 10.9 Å². The number of ether oxygens (including phenoxy) is 1. The number of benzene rings is 2. The summed E-state index contributed by atoms with van der Waals surface area (Å²) in [4.78, 5) is 34.1. The predicted molar refractivity (Wildman–Crippen MR) is 115 cm³/mol. The molecule has 0 fully saturated rings. The highest BCUT2D eigenvalue weighted by atomic mass is 32.2. The molecule has 0 saturated heterocycles. The van der Waals surface area contributed by atoms with Gasteiger partial charge in [-0.15, -0.1) is 0 Å². The SMILES string of the molecule is COc1ccc(Cn2c(=O)c3[nH]cnc3n(-c3cc(S(C)=O)ccc3C)c2=O)cc1. The Labute approximate surface area is 174 Å². The molecule has 0 radical (unpaired) electrons. The first-order valence-electron chi connectivity index (χ1n) is 9.17. The van der Waals surface area contributed by atoms with Crippen LogP contribution in [0.3, 0.4) is 0 Å². The molecule has 2 heterocycles. The van der Waals surface area contributed by atoms with E-state index >= 15 is 0 Å². The average molecular weight is 424 g/mol. The summed E-state index contributed by atoms with van der Waals surface area (Å²) >= 11 is 0. The first-order chi connectivity index (χ1) is 14.4. The third kappa shape index (κ3) is 3.37. The minimum atomic E-state index is -1.22. The van der Waals surface area contributed by atoms with Crippen molar-refractivity contribution < 1.29 is 8.95 Å². The van der Waals surface area contributed by atoms with Crippen LogP contribution in [0, 0.1) is 6.92 Å². The van der Waals surface area contributed by atoms with Crippen LogP contribution in [-0.2, 0) is 17.3 Å². The van der Waals surface area contributed by atoms with Gasteiger partial charge in [-0.1, -0.05) is 18.2 Å². The van der Waals surface area contributed by atoms with Crippen LogP contribution in [0.4, 0.5) is 0 Å². The minimum absolute atomic E-state index is 0.0923. The van der Waals surface area contributed by atoms with Crippen LogP contribution in [0.1, 0.15) is 11.1 Å². The molecular weight excluding hydrogens is 404 g/mol. The van der Waals surface area contributed by atoms with Crippen molar-refractivity contribution in [3.63, 3.8) is 0 Å². The molecule has 0 aliphatic carbocycles. The van der Waals surface area contributed by atoms with E-state index in [1.54, 1.807) is 55.8 Å². The molecule has 1 N–H and O–H groups in total. The average Bonchev–Trinajstić information content (AvgIpc) is 3.22. The smallest absolute Gasteiger partial charge is 0.337 e. The summed E-state index contributed by atoms with van der Waals surface area (Å²) in [5, 5.41) is 0. The fraction of sp³-hybridized carbons (Fsp3) is 0.190. The Bertz CT molecular complexity index is 1380. The Hall–Kier alpha value is -3.46. The van der Waals surface area contributed by atoms with Gasteiger partial charge in [0.25, 0.3) is 5.56 Å². The summed E-state index contributed by atoms with van der Waals surface area (Å²) < 4.78 is 19.7. The lowest BCUT2D eigenvalue weighted by Crippen LogP contribution is -2.40. The molecule has 2 aromatic carbocycles. The van der Waals surface area contributed by atoms with Crippen molar-refractivity contribution in [2.75, 3.05) is 13.4 Å². The highest BCUT2D eigenvalue weighted by molar-refractivity contribution is 7.84. The van der Waals surface area contributed by atoms with Gasteiger partial charge in [-0.3, -0.25) is 13.6 Å². The fourth-order valence-electron chi connectivity index (χ4n) is 3.33. The molecule has 1 atom stereocenters. The number of rotatable bonds is 5. The van der Waals surface area contributed by atoms with Gasteiger partial charge in [-0.05, 0) is 42.3 Å². The zero-order valence-corrected chi connectivity index (χ0v) is 17.5. The van der Waals surface area contributed by atoms with E-state index in [-0.39, 0.29) is 17.7 Å². The van der Waals surface area contributed by atoms with Gasteiger partial charge in [0.1, 0.15) is 11.3 Å². The molecule has 0 spiro atoms. The van der Waals surface area contributed by atoms with Gasteiger partial charge in [0.15, 0.2) is 5.65 Å². The van der Waals surface area contributed by atoms with Crippen molar-refractivity contribution in [3.05, 3.63) is 80.8 Å². The number of aryl methyl sites for hydroxylation is 1. The molecule has 154 valence electrons. The summed E-state index contributed by atoms with van der Waals surface area (Å²) in [6.45, 7) is 1.94. The molecule has 0 aliphatic rings. The third-order valence-corrected chi connectivity index (χ3v) is 5.88. The maximum absolute atomic E-state index is 13.4. The van der Waals surface area contributed by atoms with Crippen LogP contribution >= 0.6 is 0 Å². The molecule has 30 heavy (non-hydrogen) atoms. The van der Waals surface area contributed by atoms with E-state index in [0.29, 0.717) is 16.3 Å². The molecule has 0 aliphatic heterocycles. The Balaban J connectivity index is 1.96. The normalized spacial score (nSPS) is 12.2. The molecule has 0 amide bonds. The van der Waals surface area contributed by atoms with E-state index in [9.17, 15) is 13.8 Å². The second-order valence-electron chi connectivity index (χ2n) is 6.86. The van der Waals surface area contributed by atoms with Crippen LogP contribution in [-0.4, -0.2) is 36.7 Å². The number of aromatic nitrogens is 4. The van der Waals surface area contributed by atoms with E-state index in [4.69, 9.17) is 4.74 Å². The molecule has 1 unspecified atom stereocenters. The summed E-state index contributed by atoms with van der Waals surface area (Å²) in [5.74, 6) is 0.688. The quantitative estimate of drug-likeness (QED) is 0.528. The monoisotopic (exact) mass is 424 g/mol.